The summed E-state index contributed by atoms with van der Waals surface area (Å²) < 4.78 is 0. The zero-order chi connectivity index (χ0) is 9.56. The van der Waals surface area contributed by atoms with Crippen LogP contribution in [0.3, 0.4) is 0 Å². The lowest BCUT2D eigenvalue weighted by atomic mass is 9.82. The summed E-state index contributed by atoms with van der Waals surface area (Å²) in [6.07, 6.45) is 5.16. The van der Waals surface area contributed by atoms with E-state index in [9.17, 15) is 0 Å². The van der Waals surface area contributed by atoms with Crippen LogP contribution in [0.2, 0.25) is 0 Å². The van der Waals surface area contributed by atoms with E-state index in [4.69, 9.17) is 0 Å². The minimum absolute atomic E-state index is 0. The van der Waals surface area contributed by atoms with Crippen molar-refractivity contribution in [2.24, 2.45) is 17.8 Å². The smallest absolute Gasteiger partial charge is 0.0625 e. The standard InChI is InChI=1S/C12H25.Al.3H/c1-6-7-8-9-12(10(2)3)11(4)5;;;;/h10-12H,1,6-9H2,2-5H3;;;;. The highest BCUT2D eigenvalue weighted by molar-refractivity contribution is 5.75. The molecule has 0 aliphatic heterocycles. The maximum atomic E-state index is 3.87. The fourth-order valence-corrected chi connectivity index (χ4v) is 1.99. The van der Waals surface area contributed by atoms with Crippen LogP contribution >= 0.6 is 0 Å². The molecule has 0 rings (SSSR count). The minimum atomic E-state index is 0. The molecule has 1 heteroatoms. The normalized spacial score (nSPS) is 11.1. The monoisotopic (exact) mass is 199 g/mol. The third-order valence-corrected chi connectivity index (χ3v) is 2.75. The molecule has 0 nitrogen and oxygen atoms in total. The van der Waals surface area contributed by atoms with Gasteiger partial charge in [-0.2, -0.15) is 0 Å². The highest BCUT2D eigenvalue weighted by atomic mass is 27.0. The molecule has 0 spiro atoms. The number of hydrogen-bond acceptors (Lipinski definition) is 0. The van der Waals surface area contributed by atoms with Crippen molar-refractivity contribution in [1.29, 1.82) is 0 Å². The Balaban J connectivity index is 0. The molecule has 0 N–H and O–H groups in total. The molecule has 0 aliphatic rings. The summed E-state index contributed by atoms with van der Waals surface area (Å²) in [5, 5.41) is 0. The molecule has 13 heavy (non-hydrogen) atoms. The highest BCUT2D eigenvalue weighted by Crippen LogP contribution is 2.26. The molecule has 0 aromatic carbocycles. The van der Waals surface area contributed by atoms with Crippen molar-refractivity contribution in [3.8, 4) is 0 Å². The Hall–Kier alpha value is 0.532. The van der Waals surface area contributed by atoms with Gasteiger partial charge in [0.25, 0.3) is 0 Å². The summed E-state index contributed by atoms with van der Waals surface area (Å²) in [7, 11) is 0. The zero-order valence-electron chi connectivity index (χ0n) is 9.27. The van der Waals surface area contributed by atoms with Crippen molar-refractivity contribution in [3.05, 3.63) is 6.92 Å². The maximum Gasteiger partial charge on any atom is 0.187 e. The van der Waals surface area contributed by atoms with Crippen LogP contribution < -0.4 is 0 Å². The summed E-state index contributed by atoms with van der Waals surface area (Å²) in [5.74, 6) is 2.60. The lowest BCUT2D eigenvalue weighted by Gasteiger charge is -2.24. The summed E-state index contributed by atoms with van der Waals surface area (Å²) in [6.45, 7) is 13.2. The van der Waals surface area contributed by atoms with E-state index in [-0.39, 0.29) is 17.4 Å². The Labute approximate surface area is 95.6 Å². The van der Waals surface area contributed by atoms with Crippen molar-refractivity contribution in [2.75, 3.05) is 0 Å². The molecule has 0 aliphatic carbocycles. The van der Waals surface area contributed by atoms with Crippen molar-refractivity contribution in [1.82, 2.24) is 0 Å². The number of hydrogen-bond donors (Lipinski definition) is 0. The maximum absolute atomic E-state index is 3.87. The molecular weight excluding hydrogens is 171 g/mol. The molecule has 0 atom stereocenters. The van der Waals surface area contributed by atoms with Crippen LogP contribution in [0.5, 0.6) is 0 Å². The average Bonchev–Trinajstić information content (AvgIpc) is 1.96. The van der Waals surface area contributed by atoms with Gasteiger partial charge < -0.3 is 0 Å². The topological polar surface area (TPSA) is 0 Å². The van der Waals surface area contributed by atoms with Gasteiger partial charge in [-0.1, -0.05) is 53.9 Å². The van der Waals surface area contributed by atoms with Gasteiger partial charge >= 0.3 is 0 Å². The number of unbranched alkanes of at least 4 members (excludes halogenated alkanes) is 2. The molecule has 1 radical (unpaired) electrons. The van der Waals surface area contributed by atoms with E-state index in [1.54, 1.807) is 0 Å². The second-order valence-electron chi connectivity index (χ2n) is 4.50. The Morgan fingerprint density at radius 3 is 1.69 bits per heavy atom. The fraction of sp³-hybridized carbons (Fsp3) is 0.917. The summed E-state index contributed by atoms with van der Waals surface area (Å²) >= 11 is 0. The van der Waals surface area contributed by atoms with Crippen LogP contribution in [-0.2, 0) is 0 Å². The van der Waals surface area contributed by atoms with E-state index in [1.165, 1.54) is 19.3 Å². The average molecular weight is 199 g/mol. The van der Waals surface area contributed by atoms with Crippen molar-refractivity contribution in [3.63, 3.8) is 0 Å². The van der Waals surface area contributed by atoms with E-state index in [0.717, 1.165) is 24.2 Å². The zero-order valence-corrected chi connectivity index (χ0v) is 9.27. The Morgan fingerprint density at radius 2 is 1.38 bits per heavy atom. The van der Waals surface area contributed by atoms with Gasteiger partial charge in [-0.05, 0) is 24.2 Å². The minimum Gasteiger partial charge on any atom is -0.0625 e. The predicted molar refractivity (Wildman–Crippen MR) is 66.9 cm³/mol. The molecule has 0 amide bonds. The lowest BCUT2D eigenvalue weighted by Crippen LogP contribution is -2.15. The molecule has 0 saturated heterocycles. The van der Waals surface area contributed by atoms with Crippen LogP contribution in [0, 0.1) is 24.7 Å². The van der Waals surface area contributed by atoms with Crippen LogP contribution in [0.15, 0.2) is 0 Å². The van der Waals surface area contributed by atoms with Gasteiger partial charge in [-0.25, -0.2) is 0 Å². The largest absolute Gasteiger partial charge is 0.187 e. The Morgan fingerprint density at radius 1 is 0.923 bits per heavy atom. The third-order valence-electron chi connectivity index (χ3n) is 2.75. The van der Waals surface area contributed by atoms with Crippen molar-refractivity contribution >= 4 is 17.4 Å². The Bertz CT molecular complexity index is 89.3. The quantitative estimate of drug-likeness (QED) is 0.455. The van der Waals surface area contributed by atoms with E-state index in [2.05, 4.69) is 34.6 Å². The van der Waals surface area contributed by atoms with Crippen molar-refractivity contribution < 1.29 is 0 Å². The molecule has 0 bridgehead atoms. The molecule has 0 unspecified atom stereocenters. The first-order valence-corrected chi connectivity index (χ1v) is 5.38. The van der Waals surface area contributed by atoms with Gasteiger partial charge in [0.1, 0.15) is 0 Å². The van der Waals surface area contributed by atoms with E-state index in [0.29, 0.717) is 0 Å². The summed E-state index contributed by atoms with van der Waals surface area (Å²) in [6, 6.07) is 0. The van der Waals surface area contributed by atoms with Crippen LogP contribution in [-0.4, -0.2) is 17.4 Å². The van der Waals surface area contributed by atoms with E-state index < -0.39 is 0 Å². The summed E-state index contributed by atoms with van der Waals surface area (Å²) in [4.78, 5) is 0. The van der Waals surface area contributed by atoms with Crippen LogP contribution in [0.25, 0.3) is 0 Å². The van der Waals surface area contributed by atoms with E-state index >= 15 is 0 Å². The van der Waals surface area contributed by atoms with Gasteiger partial charge in [0.05, 0.1) is 0 Å². The van der Waals surface area contributed by atoms with Gasteiger partial charge in [-0.3, -0.25) is 0 Å². The van der Waals surface area contributed by atoms with Crippen LogP contribution in [0.4, 0.5) is 0 Å². The SMILES string of the molecule is [AlH3].[CH2]CCCCC(C(C)C)C(C)C. The van der Waals surface area contributed by atoms with Crippen LogP contribution in [0.1, 0.15) is 53.4 Å². The number of rotatable bonds is 6. The lowest BCUT2D eigenvalue weighted by molar-refractivity contribution is 0.262. The molecule has 0 aromatic rings. The first-order valence-electron chi connectivity index (χ1n) is 5.38. The molecule has 0 saturated carbocycles. The highest BCUT2D eigenvalue weighted by Gasteiger charge is 2.16. The van der Waals surface area contributed by atoms with Gasteiger partial charge in [0.15, 0.2) is 17.4 Å². The molecule has 79 valence electrons. The summed E-state index contributed by atoms with van der Waals surface area (Å²) in [5.41, 5.74) is 0. The first kappa shape index (κ1) is 16.0. The van der Waals surface area contributed by atoms with E-state index in [1.807, 2.05) is 0 Å². The fourth-order valence-electron chi connectivity index (χ4n) is 1.99. The Kier molecular flexibility index (Phi) is 11.2. The predicted octanol–water partition coefficient (Wildman–Crippen LogP) is 3.13. The van der Waals surface area contributed by atoms with Crippen molar-refractivity contribution in [2.45, 2.75) is 53.4 Å². The van der Waals surface area contributed by atoms with Gasteiger partial charge in [0, 0.05) is 0 Å². The molecule has 0 heterocycles. The third kappa shape index (κ3) is 7.59. The molecular formula is C12H28Al. The first-order chi connectivity index (χ1) is 5.59. The molecule has 0 aromatic heterocycles. The second kappa shape index (κ2) is 9.10. The second-order valence-corrected chi connectivity index (χ2v) is 4.50. The van der Waals surface area contributed by atoms with Gasteiger partial charge in [-0.15, -0.1) is 0 Å². The van der Waals surface area contributed by atoms with Gasteiger partial charge in [0.2, 0.25) is 0 Å². The molecule has 0 fully saturated rings.